The Labute approximate surface area is 156 Å². The lowest BCUT2D eigenvalue weighted by molar-refractivity contribution is 0.460. The predicted octanol–water partition coefficient (Wildman–Crippen LogP) is 3.27. The molecule has 1 saturated heterocycles. The maximum Gasteiger partial charge on any atom is 0.240 e. The van der Waals surface area contributed by atoms with Crippen molar-refractivity contribution in [3.05, 3.63) is 58.6 Å². The molecule has 0 atom stereocenters. The smallest absolute Gasteiger partial charge is 0.240 e. The molecule has 1 aliphatic heterocycles. The van der Waals surface area contributed by atoms with Gasteiger partial charge in [-0.3, -0.25) is 0 Å². The minimum atomic E-state index is -3.51. The minimum absolute atomic E-state index is 0.0707. The predicted molar refractivity (Wildman–Crippen MR) is 101 cm³/mol. The van der Waals surface area contributed by atoms with Gasteiger partial charge < -0.3 is 4.90 Å². The molecular weight excluding hydrogens is 402 g/mol. The number of piperidine rings is 1. The van der Waals surface area contributed by atoms with Crippen LogP contribution in [0.1, 0.15) is 18.4 Å². The van der Waals surface area contributed by atoms with Crippen molar-refractivity contribution in [3.8, 4) is 6.07 Å². The Kier molecular flexibility index (Phi) is 5.42. The van der Waals surface area contributed by atoms with Crippen molar-refractivity contribution in [2.75, 3.05) is 18.0 Å². The molecule has 7 heteroatoms. The molecule has 1 heterocycles. The van der Waals surface area contributed by atoms with Crippen LogP contribution in [-0.2, 0) is 10.0 Å². The Balaban J connectivity index is 1.61. The number of nitrogens with zero attached hydrogens (tertiary/aromatic N) is 2. The Morgan fingerprint density at radius 1 is 1.12 bits per heavy atom. The quantitative estimate of drug-likeness (QED) is 0.824. The molecule has 1 N–H and O–H groups in total. The molecule has 130 valence electrons. The first-order chi connectivity index (χ1) is 12.0. The zero-order valence-corrected chi connectivity index (χ0v) is 15.9. The first kappa shape index (κ1) is 17.9. The molecule has 0 unspecified atom stereocenters. The second-order valence-corrected chi connectivity index (χ2v) is 8.63. The van der Waals surface area contributed by atoms with Crippen LogP contribution in [0.15, 0.2) is 57.9 Å². The number of halogens is 1. The monoisotopic (exact) mass is 419 g/mol. The molecule has 1 aliphatic rings. The van der Waals surface area contributed by atoms with Gasteiger partial charge in [-0.15, -0.1) is 0 Å². The van der Waals surface area contributed by atoms with Gasteiger partial charge in [0, 0.05) is 29.3 Å². The van der Waals surface area contributed by atoms with Crippen molar-refractivity contribution in [3.63, 3.8) is 0 Å². The van der Waals surface area contributed by atoms with Gasteiger partial charge in [0.1, 0.15) is 0 Å². The van der Waals surface area contributed by atoms with E-state index in [0.717, 1.165) is 36.1 Å². The van der Waals surface area contributed by atoms with Gasteiger partial charge in [0.25, 0.3) is 0 Å². The van der Waals surface area contributed by atoms with Crippen molar-refractivity contribution in [2.24, 2.45) is 0 Å². The Morgan fingerprint density at radius 3 is 2.40 bits per heavy atom. The van der Waals surface area contributed by atoms with E-state index < -0.39 is 10.0 Å². The van der Waals surface area contributed by atoms with Gasteiger partial charge >= 0.3 is 0 Å². The zero-order valence-electron chi connectivity index (χ0n) is 13.5. The van der Waals surface area contributed by atoms with Crippen LogP contribution in [0.3, 0.4) is 0 Å². The van der Waals surface area contributed by atoms with E-state index in [-0.39, 0.29) is 10.9 Å². The summed E-state index contributed by atoms with van der Waals surface area (Å²) in [7, 11) is -3.51. The summed E-state index contributed by atoms with van der Waals surface area (Å²) in [6.45, 7) is 1.55. The first-order valence-corrected chi connectivity index (χ1v) is 10.3. The molecule has 0 radical (unpaired) electrons. The van der Waals surface area contributed by atoms with E-state index in [2.05, 4.69) is 31.6 Å². The third-order valence-corrected chi connectivity index (χ3v) is 6.30. The average molecular weight is 420 g/mol. The Morgan fingerprint density at radius 2 is 1.80 bits per heavy atom. The van der Waals surface area contributed by atoms with Crippen LogP contribution >= 0.6 is 15.9 Å². The third-order valence-electron chi connectivity index (χ3n) is 4.28. The summed E-state index contributed by atoms with van der Waals surface area (Å²) in [5, 5.41) is 8.86. The van der Waals surface area contributed by atoms with Gasteiger partial charge in [0.15, 0.2) is 0 Å². The van der Waals surface area contributed by atoms with E-state index in [1.807, 2.05) is 12.1 Å². The number of anilines is 1. The lowest BCUT2D eigenvalue weighted by Crippen LogP contribution is -2.44. The highest BCUT2D eigenvalue weighted by atomic mass is 79.9. The van der Waals surface area contributed by atoms with Gasteiger partial charge in [0.05, 0.1) is 16.5 Å². The summed E-state index contributed by atoms with van der Waals surface area (Å²) < 4.78 is 28.5. The van der Waals surface area contributed by atoms with Crippen LogP contribution in [0.2, 0.25) is 0 Å². The molecule has 2 aromatic rings. The largest absolute Gasteiger partial charge is 0.371 e. The van der Waals surface area contributed by atoms with Gasteiger partial charge in [-0.1, -0.05) is 22.0 Å². The number of nitrogens with one attached hydrogen (secondary N) is 1. The van der Waals surface area contributed by atoms with Gasteiger partial charge in [-0.25, -0.2) is 13.1 Å². The number of nitriles is 1. The van der Waals surface area contributed by atoms with Crippen molar-refractivity contribution >= 4 is 31.6 Å². The molecule has 0 amide bonds. The summed E-state index contributed by atoms with van der Waals surface area (Å²) in [5.41, 5.74) is 1.70. The summed E-state index contributed by atoms with van der Waals surface area (Å²) in [4.78, 5) is 2.49. The normalized spacial score (nSPS) is 15.8. The fraction of sp³-hybridized carbons (Fsp3) is 0.278. The highest BCUT2D eigenvalue weighted by molar-refractivity contribution is 9.10. The molecule has 25 heavy (non-hydrogen) atoms. The number of sulfonamides is 1. The fourth-order valence-electron chi connectivity index (χ4n) is 2.92. The number of hydrogen-bond acceptors (Lipinski definition) is 4. The molecule has 5 nitrogen and oxygen atoms in total. The van der Waals surface area contributed by atoms with Gasteiger partial charge in [-0.2, -0.15) is 5.26 Å². The molecule has 0 aliphatic carbocycles. The molecule has 1 fully saturated rings. The van der Waals surface area contributed by atoms with Crippen LogP contribution in [0.5, 0.6) is 0 Å². The maximum absolute atomic E-state index is 12.5. The van der Waals surface area contributed by atoms with E-state index >= 15 is 0 Å². The van der Waals surface area contributed by atoms with Crippen LogP contribution < -0.4 is 9.62 Å². The second kappa shape index (κ2) is 7.56. The van der Waals surface area contributed by atoms with E-state index in [4.69, 9.17) is 5.26 Å². The first-order valence-electron chi connectivity index (χ1n) is 8.01. The van der Waals surface area contributed by atoms with E-state index in [0.29, 0.717) is 5.56 Å². The summed E-state index contributed by atoms with van der Waals surface area (Å²) in [6, 6.07) is 16.2. The minimum Gasteiger partial charge on any atom is -0.371 e. The van der Waals surface area contributed by atoms with Crippen molar-refractivity contribution in [2.45, 2.75) is 23.8 Å². The topological polar surface area (TPSA) is 73.2 Å². The number of hydrogen-bond donors (Lipinski definition) is 1. The second-order valence-electron chi connectivity index (χ2n) is 6.00. The summed E-state index contributed by atoms with van der Waals surface area (Å²) in [6.07, 6.45) is 1.49. The molecule has 3 rings (SSSR count). The van der Waals surface area contributed by atoms with Crippen LogP contribution in [0.25, 0.3) is 0 Å². The number of rotatable bonds is 4. The molecular formula is C18H18BrN3O2S. The average Bonchev–Trinajstić information content (AvgIpc) is 2.62. The molecule has 0 bridgehead atoms. The van der Waals surface area contributed by atoms with Crippen LogP contribution in [0.4, 0.5) is 5.69 Å². The van der Waals surface area contributed by atoms with Crippen LogP contribution in [-0.4, -0.2) is 27.5 Å². The standard InChI is InChI=1S/C18H18BrN3O2S/c19-15-2-1-3-18(12-15)25(23,24)21-16-8-10-22(11-9-16)17-6-4-14(13-20)5-7-17/h1-7,12,16,21H,8-11H2. The maximum atomic E-state index is 12.5. The summed E-state index contributed by atoms with van der Waals surface area (Å²) in [5.74, 6) is 0. The Hall–Kier alpha value is -1.88. The van der Waals surface area contributed by atoms with Gasteiger partial charge in [-0.05, 0) is 55.3 Å². The highest BCUT2D eigenvalue weighted by Gasteiger charge is 2.24. The lowest BCUT2D eigenvalue weighted by atomic mass is 10.1. The Bertz CT molecular complexity index is 883. The van der Waals surface area contributed by atoms with E-state index in [1.54, 1.807) is 36.4 Å². The summed E-state index contributed by atoms with van der Waals surface area (Å²) >= 11 is 3.30. The molecule has 0 aromatic heterocycles. The zero-order chi connectivity index (χ0) is 17.9. The van der Waals surface area contributed by atoms with Crippen molar-refractivity contribution < 1.29 is 8.42 Å². The third kappa shape index (κ3) is 4.40. The van der Waals surface area contributed by atoms with Gasteiger partial charge in [0.2, 0.25) is 10.0 Å². The molecule has 0 spiro atoms. The van der Waals surface area contributed by atoms with Crippen molar-refractivity contribution in [1.82, 2.24) is 4.72 Å². The molecule has 0 saturated carbocycles. The molecule has 2 aromatic carbocycles. The van der Waals surface area contributed by atoms with Crippen molar-refractivity contribution in [1.29, 1.82) is 5.26 Å². The SMILES string of the molecule is N#Cc1ccc(N2CCC(NS(=O)(=O)c3cccc(Br)c3)CC2)cc1. The van der Waals surface area contributed by atoms with E-state index in [9.17, 15) is 8.42 Å². The van der Waals surface area contributed by atoms with E-state index in [1.165, 1.54) is 0 Å². The highest BCUT2D eigenvalue weighted by Crippen LogP contribution is 2.22. The number of benzene rings is 2. The lowest BCUT2D eigenvalue weighted by Gasteiger charge is -2.33. The van der Waals surface area contributed by atoms with Crippen LogP contribution in [0, 0.1) is 11.3 Å². The fourth-order valence-corrected chi connectivity index (χ4v) is 4.83.